The zero-order chi connectivity index (χ0) is 17.5. The minimum absolute atomic E-state index is 0.0623. The van der Waals surface area contributed by atoms with E-state index in [0.29, 0.717) is 6.42 Å². The summed E-state index contributed by atoms with van der Waals surface area (Å²) in [7, 11) is 0. The summed E-state index contributed by atoms with van der Waals surface area (Å²) in [6.07, 6.45) is 1.99. The second-order valence-corrected chi connectivity index (χ2v) is 5.23. The monoisotopic (exact) mass is 336 g/mol. The molecule has 0 aliphatic heterocycles. The van der Waals surface area contributed by atoms with Gasteiger partial charge in [0.25, 0.3) is 0 Å². The van der Waals surface area contributed by atoms with E-state index in [0.717, 1.165) is 5.56 Å². The van der Waals surface area contributed by atoms with Crippen molar-refractivity contribution < 1.29 is 23.5 Å². The van der Waals surface area contributed by atoms with Crippen LogP contribution in [0.1, 0.15) is 26.5 Å². The van der Waals surface area contributed by atoms with Gasteiger partial charge in [-0.3, -0.25) is 0 Å². The summed E-state index contributed by atoms with van der Waals surface area (Å²) in [4.78, 5) is 24.3. The van der Waals surface area contributed by atoms with E-state index < -0.39 is 11.9 Å². The number of carbonyl (C=O) groups is 2. The molecule has 0 spiro atoms. The van der Waals surface area contributed by atoms with Crippen molar-refractivity contribution in [3.63, 3.8) is 0 Å². The maximum Gasteiger partial charge on any atom is 0.379 e. The molecule has 5 heteroatoms. The van der Waals surface area contributed by atoms with E-state index in [1.165, 1.54) is 18.4 Å². The standard InChI is InChI=1S/C20H16O5/c21-19(24-14-12-15-7-2-1-3-8-15)16-9-4-5-10-17(16)25-20(22)18-11-6-13-23-18/h1-11,13H,12,14H2. The number of ether oxygens (including phenoxy) is 2. The molecule has 25 heavy (non-hydrogen) atoms. The van der Waals surface area contributed by atoms with Crippen molar-refractivity contribution in [1.29, 1.82) is 0 Å². The van der Waals surface area contributed by atoms with E-state index in [2.05, 4.69) is 0 Å². The smallest absolute Gasteiger partial charge is 0.379 e. The van der Waals surface area contributed by atoms with Crippen molar-refractivity contribution in [1.82, 2.24) is 0 Å². The average molecular weight is 336 g/mol. The van der Waals surface area contributed by atoms with Gasteiger partial charge in [-0.05, 0) is 29.8 Å². The fraction of sp³-hybridized carbons (Fsp3) is 0.100. The minimum Gasteiger partial charge on any atom is -0.462 e. The molecule has 0 unspecified atom stereocenters. The Morgan fingerprint density at radius 3 is 2.36 bits per heavy atom. The van der Waals surface area contributed by atoms with Crippen LogP contribution in [0, 0.1) is 0 Å². The van der Waals surface area contributed by atoms with Gasteiger partial charge in [-0.25, -0.2) is 9.59 Å². The van der Waals surface area contributed by atoms with Crippen LogP contribution in [-0.4, -0.2) is 18.5 Å². The summed E-state index contributed by atoms with van der Waals surface area (Å²) in [5, 5.41) is 0. The summed E-state index contributed by atoms with van der Waals surface area (Å²) in [5.41, 5.74) is 1.27. The van der Waals surface area contributed by atoms with E-state index in [-0.39, 0.29) is 23.7 Å². The Hall–Kier alpha value is -3.34. The maximum atomic E-state index is 12.3. The molecule has 0 saturated heterocycles. The largest absolute Gasteiger partial charge is 0.462 e. The average Bonchev–Trinajstić information content (AvgIpc) is 3.18. The first kappa shape index (κ1) is 16.5. The fourth-order valence-electron chi connectivity index (χ4n) is 2.25. The van der Waals surface area contributed by atoms with Gasteiger partial charge in [0.15, 0.2) is 0 Å². The van der Waals surface area contributed by atoms with Crippen LogP contribution in [0.2, 0.25) is 0 Å². The fourth-order valence-corrected chi connectivity index (χ4v) is 2.25. The lowest BCUT2D eigenvalue weighted by Gasteiger charge is -2.09. The van der Waals surface area contributed by atoms with Crippen molar-refractivity contribution in [2.24, 2.45) is 0 Å². The zero-order valence-electron chi connectivity index (χ0n) is 13.4. The number of rotatable bonds is 6. The molecule has 0 fully saturated rings. The van der Waals surface area contributed by atoms with Gasteiger partial charge in [-0.15, -0.1) is 0 Å². The molecule has 126 valence electrons. The summed E-state index contributed by atoms with van der Waals surface area (Å²) < 4.78 is 15.5. The van der Waals surface area contributed by atoms with Crippen LogP contribution >= 0.6 is 0 Å². The molecule has 0 aliphatic carbocycles. The summed E-state index contributed by atoms with van der Waals surface area (Å²) in [5.74, 6) is -1.02. The molecule has 0 amide bonds. The second kappa shape index (κ2) is 7.97. The van der Waals surface area contributed by atoms with Gasteiger partial charge in [-0.1, -0.05) is 42.5 Å². The first-order chi connectivity index (χ1) is 12.2. The molecule has 3 rings (SSSR count). The SMILES string of the molecule is O=C(Oc1ccccc1C(=O)OCCc1ccccc1)c1ccco1. The normalized spacial score (nSPS) is 10.2. The van der Waals surface area contributed by atoms with Crippen LogP contribution in [0.4, 0.5) is 0 Å². The first-order valence-corrected chi connectivity index (χ1v) is 7.80. The van der Waals surface area contributed by atoms with E-state index in [9.17, 15) is 9.59 Å². The van der Waals surface area contributed by atoms with Gasteiger partial charge >= 0.3 is 11.9 Å². The number of carbonyl (C=O) groups excluding carboxylic acids is 2. The molecular weight excluding hydrogens is 320 g/mol. The van der Waals surface area contributed by atoms with E-state index in [4.69, 9.17) is 13.9 Å². The van der Waals surface area contributed by atoms with Crippen molar-refractivity contribution >= 4 is 11.9 Å². The third-order valence-corrected chi connectivity index (χ3v) is 3.50. The summed E-state index contributed by atoms with van der Waals surface area (Å²) in [6.45, 7) is 0.239. The molecule has 1 aromatic heterocycles. The van der Waals surface area contributed by atoms with Crippen LogP contribution in [0.25, 0.3) is 0 Å². The van der Waals surface area contributed by atoms with Gasteiger partial charge in [0.1, 0.15) is 11.3 Å². The minimum atomic E-state index is -0.672. The summed E-state index contributed by atoms with van der Waals surface area (Å²) >= 11 is 0. The van der Waals surface area contributed by atoms with Gasteiger partial charge in [-0.2, -0.15) is 0 Å². The molecule has 0 bridgehead atoms. The Kier molecular flexibility index (Phi) is 5.26. The quantitative estimate of drug-likeness (QED) is 0.504. The highest BCUT2D eigenvalue weighted by Gasteiger charge is 2.18. The number of benzene rings is 2. The molecular formula is C20H16O5. The molecule has 0 atom stereocenters. The molecule has 0 saturated carbocycles. The lowest BCUT2D eigenvalue weighted by Crippen LogP contribution is -2.13. The molecule has 0 aliphatic rings. The van der Waals surface area contributed by atoms with Crippen LogP contribution in [0.3, 0.4) is 0 Å². The molecule has 0 N–H and O–H groups in total. The Morgan fingerprint density at radius 2 is 1.60 bits per heavy atom. The van der Waals surface area contributed by atoms with E-state index in [1.54, 1.807) is 24.3 Å². The highest BCUT2D eigenvalue weighted by atomic mass is 16.6. The number of para-hydroxylation sites is 1. The van der Waals surface area contributed by atoms with Gasteiger partial charge in [0.2, 0.25) is 5.76 Å². The second-order valence-electron chi connectivity index (χ2n) is 5.23. The molecule has 0 radical (unpaired) electrons. The zero-order valence-corrected chi connectivity index (χ0v) is 13.4. The Bertz CT molecular complexity index is 838. The predicted octanol–water partition coefficient (Wildman–Crippen LogP) is 3.90. The molecule has 3 aromatic rings. The lowest BCUT2D eigenvalue weighted by molar-refractivity contribution is 0.0503. The van der Waals surface area contributed by atoms with Crippen LogP contribution in [0.5, 0.6) is 5.75 Å². The Labute approximate surface area is 144 Å². The van der Waals surface area contributed by atoms with Crippen molar-refractivity contribution in [3.8, 4) is 5.75 Å². The Morgan fingerprint density at radius 1 is 0.840 bits per heavy atom. The van der Waals surface area contributed by atoms with Crippen LogP contribution < -0.4 is 4.74 Å². The highest BCUT2D eigenvalue weighted by Crippen LogP contribution is 2.20. The molecule has 1 heterocycles. The molecule has 2 aromatic carbocycles. The number of hydrogen-bond donors (Lipinski definition) is 0. The van der Waals surface area contributed by atoms with Crippen LogP contribution in [0.15, 0.2) is 77.4 Å². The Balaban J connectivity index is 1.63. The predicted molar refractivity (Wildman–Crippen MR) is 90.5 cm³/mol. The van der Waals surface area contributed by atoms with Gasteiger partial charge in [0, 0.05) is 6.42 Å². The van der Waals surface area contributed by atoms with E-state index >= 15 is 0 Å². The van der Waals surface area contributed by atoms with Gasteiger partial charge < -0.3 is 13.9 Å². The maximum absolute atomic E-state index is 12.3. The van der Waals surface area contributed by atoms with Crippen molar-refractivity contribution in [2.75, 3.05) is 6.61 Å². The third-order valence-electron chi connectivity index (χ3n) is 3.50. The van der Waals surface area contributed by atoms with Crippen LogP contribution in [-0.2, 0) is 11.2 Å². The third kappa shape index (κ3) is 4.35. The van der Waals surface area contributed by atoms with E-state index in [1.807, 2.05) is 30.3 Å². The van der Waals surface area contributed by atoms with Crippen molar-refractivity contribution in [2.45, 2.75) is 6.42 Å². The number of esters is 2. The topological polar surface area (TPSA) is 65.7 Å². The lowest BCUT2D eigenvalue weighted by atomic mass is 10.2. The first-order valence-electron chi connectivity index (χ1n) is 7.80. The van der Waals surface area contributed by atoms with Crippen molar-refractivity contribution in [3.05, 3.63) is 89.9 Å². The van der Waals surface area contributed by atoms with Gasteiger partial charge in [0.05, 0.1) is 12.9 Å². The summed E-state index contributed by atoms with van der Waals surface area (Å²) in [6, 6.07) is 19.2. The molecule has 5 nitrogen and oxygen atoms in total. The number of furan rings is 1. The highest BCUT2D eigenvalue weighted by molar-refractivity contribution is 5.95. The number of hydrogen-bond acceptors (Lipinski definition) is 5.